The number of nitrogens with zero attached hydrogens (tertiary/aromatic N) is 2. The van der Waals surface area contributed by atoms with Gasteiger partial charge in [-0.3, -0.25) is 0 Å². The van der Waals surface area contributed by atoms with Crippen LogP contribution in [0.15, 0.2) is 42.9 Å². The molecule has 1 aromatic carbocycles. The van der Waals surface area contributed by atoms with E-state index in [2.05, 4.69) is 21.4 Å². The Bertz CT molecular complexity index is 546. The smallest absolute Gasteiger partial charge is 0.0949 e. The van der Waals surface area contributed by atoms with Gasteiger partial charge in [-0.25, -0.2) is 4.98 Å². The van der Waals surface area contributed by atoms with Crippen molar-refractivity contribution in [3.8, 4) is 11.8 Å². The molecule has 0 saturated carbocycles. The van der Waals surface area contributed by atoms with E-state index in [1.807, 2.05) is 49.8 Å². The second-order valence-corrected chi connectivity index (χ2v) is 4.08. The molecule has 0 radical (unpaired) electrons. The normalized spacial score (nSPS) is 11.7. The maximum absolute atomic E-state index is 6.27. The molecule has 1 unspecified atom stereocenters. The highest BCUT2D eigenvalue weighted by Crippen LogP contribution is 2.18. The van der Waals surface area contributed by atoms with Gasteiger partial charge in [-0.15, -0.1) is 11.8 Å². The van der Waals surface area contributed by atoms with E-state index in [9.17, 15) is 0 Å². The van der Waals surface area contributed by atoms with Crippen molar-refractivity contribution >= 4 is 0 Å². The van der Waals surface area contributed by atoms with Crippen molar-refractivity contribution in [1.82, 2.24) is 9.55 Å². The highest BCUT2D eigenvalue weighted by molar-refractivity contribution is 5.26. The number of rotatable bonds is 4. The summed E-state index contributed by atoms with van der Waals surface area (Å²) in [7, 11) is 0. The van der Waals surface area contributed by atoms with Crippen LogP contribution in [0.5, 0.6) is 0 Å². The molecule has 2 N–H and O–H groups in total. The Morgan fingerprint density at radius 2 is 2.11 bits per heavy atom. The molecule has 0 aliphatic heterocycles. The van der Waals surface area contributed by atoms with E-state index in [-0.39, 0.29) is 6.04 Å². The van der Waals surface area contributed by atoms with Crippen molar-refractivity contribution in [2.75, 3.05) is 0 Å². The first-order valence-corrected chi connectivity index (χ1v) is 6.03. The van der Waals surface area contributed by atoms with Crippen LogP contribution in [-0.4, -0.2) is 9.55 Å². The van der Waals surface area contributed by atoms with Crippen LogP contribution in [0, 0.1) is 11.8 Å². The highest BCUT2D eigenvalue weighted by atomic mass is 15.1. The van der Waals surface area contributed by atoms with Crippen LogP contribution in [-0.2, 0) is 6.54 Å². The lowest BCUT2D eigenvalue weighted by Crippen LogP contribution is -2.16. The molecule has 92 valence electrons. The molecule has 3 heteroatoms. The Kier molecular flexibility index (Phi) is 4.16. The predicted molar refractivity (Wildman–Crippen MR) is 72.8 cm³/mol. The number of hydrogen-bond acceptors (Lipinski definition) is 2. The molecule has 2 rings (SSSR count). The van der Waals surface area contributed by atoms with Crippen LogP contribution in [0.25, 0.3) is 0 Å². The molecule has 0 saturated heterocycles. The monoisotopic (exact) mass is 239 g/mol. The van der Waals surface area contributed by atoms with E-state index in [1.54, 1.807) is 0 Å². The Labute approximate surface area is 108 Å². The van der Waals surface area contributed by atoms with E-state index >= 15 is 0 Å². The molecule has 1 atom stereocenters. The fourth-order valence-corrected chi connectivity index (χ4v) is 1.91. The number of hydrogen-bond donors (Lipinski definition) is 1. The zero-order valence-electron chi connectivity index (χ0n) is 10.5. The van der Waals surface area contributed by atoms with Crippen LogP contribution < -0.4 is 5.73 Å². The first-order valence-electron chi connectivity index (χ1n) is 6.03. The maximum atomic E-state index is 6.27. The van der Waals surface area contributed by atoms with E-state index in [4.69, 9.17) is 5.73 Å². The number of aryl methyl sites for hydroxylation is 1. The van der Waals surface area contributed by atoms with Gasteiger partial charge in [-0.1, -0.05) is 30.3 Å². The van der Waals surface area contributed by atoms with Gasteiger partial charge in [0.15, 0.2) is 0 Å². The van der Waals surface area contributed by atoms with Crippen LogP contribution in [0.4, 0.5) is 0 Å². The summed E-state index contributed by atoms with van der Waals surface area (Å²) < 4.78 is 2.07. The Hall–Kier alpha value is -2.05. The topological polar surface area (TPSA) is 43.8 Å². The number of imidazole rings is 1. The Balaban J connectivity index is 2.17. The SMILES string of the molecule is CC#CCCn1cncc1C(N)c1ccccc1. The average molecular weight is 239 g/mol. The van der Waals surface area contributed by atoms with Gasteiger partial charge in [0, 0.05) is 13.0 Å². The highest BCUT2D eigenvalue weighted by Gasteiger charge is 2.12. The first-order chi connectivity index (χ1) is 8.83. The molecule has 0 aliphatic rings. The summed E-state index contributed by atoms with van der Waals surface area (Å²) in [4.78, 5) is 4.18. The summed E-state index contributed by atoms with van der Waals surface area (Å²) in [6.45, 7) is 2.68. The van der Waals surface area contributed by atoms with E-state index in [1.165, 1.54) is 0 Å². The quantitative estimate of drug-likeness (QED) is 0.832. The fourth-order valence-electron chi connectivity index (χ4n) is 1.91. The molecular formula is C15H17N3. The van der Waals surface area contributed by atoms with Gasteiger partial charge in [0.1, 0.15) is 0 Å². The van der Waals surface area contributed by atoms with Gasteiger partial charge in [0.05, 0.1) is 24.3 Å². The molecule has 1 aromatic heterocycles. The molecule has 0 spiro atoms. The van der Waals surface area contributed by atoms with Crippen molar-refractivity contribution in [2.24, 2.45) is 5.73 Å². The third-order valence-electron chi connectivity index (χ3n) is 2.88. The number of nitrogens with two attached hydrogens (primary N) is 1. The van der Waals surface area contributed by atoms with Crippen molar-refractivity contribution in [3.63, 3.8) is 0 Å². The summed E-state index contributed by atoms with van der Waals surface area (Å²) in [5.74, 6) is 5.95. The third kappa shape index (κ3) is 2.79. The summed E-state index contributed by atoms with van der Waals surface area (Å²) in [5, 5.41) is 0. The minimum Gasteiger partial charge on any atom is -0.332 e. The van der Waals surface area contributed by atoms with E-state index in [0.717, 1.165) is 24.2 Å². The third-order valence-corrected chi connectivity index (χ3v) is 2.88. The van der Waals surface area contributed by atoms with Crippen molar-refractivity contribution < 1.29 is 0 Å². The molecule has 0 bridgehead atoms. The minimum atomic E-state index is -0.136. The van der Waals surface area contributed by atoms with Gasteiger partial charge in [-0.05, 0) is 12.5 Å². The zero-order chi connectivity index (χ0) is 12.8. The standard InChI is InChI=1S/C15H17N3/c1-2-3-7-10-18-12-17-11-14(18)15(16)13-8-5-4-6-9-13/h4-6,8-9,11-12,15H,7,10,16H2,1H3. The predicted octanol–water partition coefficient (Wildman–Crippen LogP) is 2.34. The van der Waals surface area contributed by atoms with Crippen molar-refractivity contribution in [3.05, 3.63) is 54.1 Å². The summed E-state index contributed by atoms with van der Waals surface area (Å²) in [5.41, 5.74) is 8.39. The lowest BCUT2D eigenvalue weighted by Gasteiger charge is -2.14. The van der Waals surface area contributed by atoms with Gasteiger partial charge in [0.2, 0.25) is 0 Å². The molecule has 18 heavy (non-hydrogen) atoms. The Morgan fingerprint density at radius 3 is 2.83 bits per heavy atom. The van der Waals surface area contributed by atoms with Crippen LogP contribution >= 0.6 is 0 Å². The molecular weight excluding hydrogens is 222 g/mol. The largest absolute Gasteiger partial charge is 0.332 e. The maximum Gasteiger partial charge on any atom is 0.0949 e. The number of aromatic nitrogens is 2. The molecule has 0 aliphatic carbocycles. The summed E-state index contributed by atoms with van der Waals surface area (Å²) >= 11 is 0. The molecule has 0 amide bonds. The first kappa shape index (κ1) is 12.4. The fraction of sp³-hybridized carbons (Fsp3) is 0.267. The summed E-state index contributed by atoms with van der Waals surface area (Å²) in [6.07, 6.45) is 4.47. The van der Waals surface area contributed by atoms with E-state index in [0.29, 0.717) is 0 Å². The van der Waals surface area contributed by atoms with Gasteiger partial charge in [-0.2, -0.15) is 0 Å². The van der Waals surface area contributed by atoms with Crippen LogP contribution in [0.3, 0.4) is 0 Å². The minimum absolute atomic E-state index is 0.136. The van der Waals surface area contributed by atoms with Gasteiger partial charge in [0.25, 0.3) is 0 Å². The molecule has 2 aromatic rings. The molecule has 3 nitrogen and oxygen atoms in total. The van der Waals surface area contributed by atoms with E-state index < -0.39 is 0 Å². The van der Waals surface area contributed by atoms with Crippen molar-refractivity contribution in [2.45, 2.75) is 25.9 Å². The average Bonchev–Trinajstić information content (AvgIpc) is 2.88. The molecule has 0 fully saturated rings. The lowest BCUT2D eigenvalue weighted by molar-refractivity contribution is 0.650. The molecule has 1 heterocycles. The summed E-state index contributed by atoms with van der Waals surface area (Å²) in [6, 6.07) is 9.92. The van der Waals surface area contributed by atoms with Crippen molar-refractivity contribution in [1.29, 1.82) is 0 Å². The van der Waals surface area contributed by atoms with Gasteiger partial charge < -0.3 is 10.3 Å². The van der Waals surface area contributed by atoms with Gasteiger partial charge >= 0.3 is 0 Å². The van der Waals surface area contributed by atoms with Crippen LogP contribution in [0.2, 0.25) is 0 Å². The lowest BCUT2D eigenvalue weighted by atomic mass is 10.1. The van der Waals surface area contributed by atoms with Crippen LogP contribution in [0.1, 0.15) is 30.6 Å². The second-order valence-electron chi connectivity index (χ2n) is 4.08. The zero-order valence-corrected chi connectivity index (χ0v) is 10.5. The number of benzene rings is 1. The second kappa shape index (κ2) is 6.04. The Morgan fingerprint density at radius 1 is 1.33 bits per heavy atom.